The molecule has 0 bridgehead atoms. The van der Waals surface area contributed by atoms with Gasteiger partial charge in [0.25, 0.3) is 0 Å². The van der Waals surface area contributed by atoms with Crippen LogP contribution in [0, 0.1) is 6.92 Å². The maximum Gasteiger partial charge on any atom is 0.239 e. The first-order chi connectivity index (χ1) is 10.1. The van der Waals surface area contributed by atoms with Gasteiger partial charge in [0.05, 0.1) is 19.3 Å². The van der Waals surface area contributed by atoms with Gasteiger partial charge in [-0.05, 0) is 32.4 Å². The molecule has 1 unspecified atom stereocenters. The second kappa shape index (κ2) is 7.43. The fraction of sp³-hybridized carbons (Fsp3) is 0.562. The minimum Gasteiger partial charge on any atom is -0.489 e. The van der Waals surface area contributed by atoms with Crippen molar-refractivity contribution in [2.24, 2.45) is 0 Å². The Morgan fingerprint density at radius 1 is 1.52 bits per heavy atom. The number of para-hydroxylation sites is 1. The van der Waals surface area contributed by atoms with Crippen LogP contribution in [0.5, 0.6) is 5.75 Å². The molecule has 1 aliphatic rings. The van der Waals surface area contributed by atoms with E-state index < -0.39 is 0 Å². The highest BCUT2D eigenvalue weighted by Crippen LogP contribution is 2.17. The molecule has 0 spiro atoms. The van der Waals surface area contributed by atoms with E-state index >= 15 is 0 Å². The molecule has 1 saturated heterocycles. The second-order valence-electron chi connectivity index (χ2n) is 5.45. The first kappa shape index (κ1) is 15.8. The van der Waals surface area contributed by atoms with Crippen LogP contribution < -0.4 is 15.4 Å². The summed E-state index contributed by atoms with van der Waals surface area (Å²) in [5.41, 5.74) is 1.09. The highest BCUT2D eigenvalue weighted by molar-refractivity contribution is 5.82. The third kappa shape index (κ3) is 4.44. The summed E-state index contributed by atoms with van der Waals surface area (Å²) in [5.74, 6) is 0.814. The van der Waals surface area contributed by atoms with E-state index in [1.807, 2.05) is 45.0 Å². The number of carbonyl (C=O) groups is 1. The molecule has 0 aliphatic carbocycles. The molecule has 5 heteroatoms. The number of amides is 1. The average molecular weight is 292 g/mol. The summed E-state index contributed by atoms with van der Waals surface area (Å²) in [6, 6.07) is 7.57. The molecule has 1 aromatic rings. The summed E-state index contributed by atoms with van der Waals surface area (Å²) in [7, 11) is 0. The Morgan fingerprint density at radius 3 is 3.00 bits per heavy atom. The third-order valence-electron chi connectivity index (χ3n) is 3.58. The van der Waals surface area contributed by atoms with Crippen molar-refractivity contribution in [3.8, 4) is 5.75 Å². The van der Waals surface area contributed by atoms with Gasteiger partial charge in [-0.25, -0.2) is 0 Å². The number of rotatable bonds is 5. The van der Waals surface area contributed by atoms with Gasteiger partial charge in [-0.3, -0.25) is 4.79 Å². The number of ether oxygens (including phenoxy) is 2. The zero-order valence-corrected chi connectivity index (χ0v) is 12.9. The number of benzene rings is 1. The third-order valence-corrected chi connectivity index (χ3v) is 3.58. The predicted molar refractivity (Wildman–Crippen MR) is 81.5 cm³/mol. The van der Waals surface area contributed by atoms with Crippen LogP contribution in [0.1, 0.15) is 19.4 Å². The zero-order valence-electron chi connectivity index (χ0n) is 12.9. The summed E-state index contributed by atoms with van der Waals surface area (Å²) in [4.78, 5) is 12.1. The van der Waals surface area contributed by atoms with Gasteiger partial charge in [0, 0.05) is 6.54 Å². The van der Waals surface area contributed by atoms with E-state index in [-0.39, 0.29) is 24.2 Å². The molecule has 3 atom stereocenters. The van der Waals surface area contributed by atoms with Crippen molar-refractivity contribution >= 4 is 5.91 Å². The van der Waals surface area contributed by atoms with Gasteiger partial charge in [-0.1, -0.05) is 18.2 Å². The lowest BCUT2D eigenvalue weighted by atomic mass is 10.1. The normalized spacial score (nSPS) is 23.4. The average Bonchev–Trinajstić information content (AvgIpc) is 2.48. The summed E-state index contributed by atoms with van der Waals surface area (Å²) in [6.07, 6.45) is -0.193. The molecule has 1 heterocycles. The molecule has 5 nitrogen and oxygen atoms in total. The molecule has 21 heavy (non-hydrogen) atoms. The highest BCUT2D eigenvalue weighted by Gasteiger charge is 2.28. The van der Waals surface area contributed by atoms with Crippen LogP contribution in [-0.4, -0.2) is 43.9 Å². The molecular formula is C16H24N2O3. The molecule has 1 fully saturated rings. The SMILES string of the molecule is Cc1ccccc1OC(C)CNC(=O)[C@H]1NCCO[C@@H]1C. The Bertz CT molecular complexity index is 478. The molecule has 116 valence electrons. The fourth-order valence-electron chi connectivity index (χ4n) is 2.33. The van der Waals surface area contributed by atoms with Crippen LogP contribution in [0.15, 0.2) is 24.3 Å². The Hall–Kier alpha value is -1.59. The Kier molecular flexibility index (Phi) is 5.59. The smallest absolute Gasteiger partial charge is 0.239 e. The molecule has 1 aromatic carbocycles. The van der Waals surface area contributed by atoms with Crippen LogP contribution in [0.3, 0.4) is 0 Å². The van der Waals surface area contributed by atoms with Crippen molar-refractivity contribution in [3.05, 3.63) is 29.8 Å². The van der Waals surface area contributed by atoms with E-state index in [4.69, 9.17) is 9.47 Å². The second-order valence-corrected chi connectivity index (χ2v) is 5.45. The first-order valence-corrected chi connectivity index (χ1v) is 7.43. The predicted octanol–water partition coefficient (Wildman–Crippen LogP) is 1.26. The molecule has 2 rings (SSSR count). The quantitative estimate of drug-likeness (QED) is 0.857. The lowest BCUT2D eigenvalue weighted by molar-refractivity contribution is -0.129. The van der Waals surface area contributed by atoms with Gasteiger partial charge in [-0.15, -0.1) is 0 Å². The summed E-state index contributed by atoms with van der Waals surface area (Å²) >= 11 is 0. The Labute approximate surface area is 126 Å². The van der Waals surface area contributed by atoms with Crippen LogP contribution in [0.25, 0.3) is 0 Å². The van der Waals surface area contributed by atoms with Gasteiger partial charge in [0.2, 0.25) is 5.91 Å². The standard InChI is InChI=1S/C16H24N2O3/c1-11-6-4-5-7-14(11)21-12(2)10-18-16(19)15-13(3)20-9-8-17-15/h4-7,12-13,15,17H,8-10H2,1-3H3,(H,18,19)/t12?,13-,15+/m1/s1. The van der Waals surface area contributed by atoms with Gasteiger partial charge >= 0.3 is 0 Å². The van der Waals surface area contributed by atoms with Crippen molar-refractivity contribution in [2.75, 3.05) is 19.7 Å². The number of carbonyl (C=O) groups excluding carboxylic acids is 1. The monoisotopic (exact) mass is 292 g/mol. The molecule has 2 N–H and O–H groups in total. The molecular weight excluding hydrogens is 268 g/mol. The van der Waals surface area contributed by atoms with E-state index in [0.29, 0.717) is 19.7 Å². The van der Waals surface area contributed by atoms with Crippen LogP contribution >= 0.6 is 0 Å². The first-order valence-electron chi connectivity index (χ1n) is 7.43. The van der Waals surface area contributed by atoms with Crippen molar-refractivity contribution in [2.45, 2.75) is 39.0 Å². The minimum atomic E-state index is -0.288. The van der Waals surface area contributed by atoms with Crippen LogP contribution in [-0.2, 0) is 9.53 Å². The summed E-state index contributed by atoms with van der Waals surface area (Å²) < 4.78 is 11.3. The summed E-state index contributed by atoms with van der Waals surface area (Å²) in [6.45, 7) is 7.68. The van der Waals surface area contributed by atoms with E-state index in [1.54, 1.807) is 0 Å². The van der Waals surface area contributed by atoms with Crippen molar-refractivity contribution in [3.63, 3.8) is 0 Å². The Morgan fingerprint density at radius 2 is 2.29 bits per heavy atom. The molecule has 0 radical (unpaired) electrons. The molecule has 1 amide bonds. The van der Waals surface area contributed by atoms with E-state index in [1.165, 1.54) is 0 Å². The van der Waals surface area contributed by atoms with Gasteiger partial charge < -0.3 is 20.1 Å². The maximum atomic E-state index is 12.1. The number of nitrogens with one attached hydrogen (secondary N) is 2. The van der Waals surface area contributed by atoms with E-state index in [2.05, 4.69) is 10.6 Å². The minimum absolute atomic E-state index is 0.0394. The van der Waals surface area contributed by atoms with E-state index in [9.17, 15) is 4.79 Å². The number of aryl methyl sites for hydroxylation is 1. The van der Waals surface area contributed by atoms with Gasteiger partial charge in [0.1, 0.15) is 17.9 Å². The molecule has 1 aliphatic heterocycles. The van der Waals surface area contributed by atoms with Crippen molar-refractivity contribution < 1.29 is 14.3 Å². The summed E-state index contributed by atoms with van der Waals surface area (Å²) in [5, 5.41) is 6.09. The number of morpholine rings is 1. The topological polar surface area (TPSA) is 59.6 Å². The molecule has 0 aromatic heterocycles. The lowest BCUT2D eigenvalue weighted by Crippen LogP contribution is -2.56. The Balaban J connectivity index is 1.79. The number of hydrogen-bond acceptors (Lipinski definition) is 4. The highest BCUT2D eigenvalue weighted by atomic mass is 16.5. The number of hydrogen-bond donors (Lipinski definition) is 2. The van der Waals surface area contributed by atoms with Crippen molar-refractivity contribution in [1.29, 1.82) is 0 Å². The fourth-order valence-corrected chi connectivity index (χ4v) is 2.33. The largest absolute Gasteiger partial charge is 0.489 e. The molecule has 0 saturated carbocycles. The van der Waals surface area contributed by atoms with Crippen molar-refractivity contribution in [1.82, 2.24) is 10.6 Å². The maximum absolute atomic E-state index is 12.1. The van der Waals surface area contributed by atoms with Gasteiger partial charge in [0.15, 0.2) is 0 Å². The van der Waals surface area contributed by atoms with Crippen LogP contribution in [0.4, 0.5) is 0 Å². The van der Waals surface area contributed by atoms with E-state index in [0.717, 1.165) is 11.3 Å². The van der Waals surface area contributed by atoms with Crippen LogP contribution in [0.2, 0.25) is 0 Å². The zero-order chi connectivity index (χ0) is 15.2. The lowest BCUT2D eigenvalue weighted by Gasteiger charge is -2.29. The van der Waals surface area contributed by atoms with Gasteiger partial charge in [-0.2, -0.15) is 0 Å².